The standard InChI is InChI=1S/C16H14Cl2O3/c1-20-14-7-6-12(16(21-2)15(14)18)13(19)9-10-4-3-5-11(17)8-10/h3-8H,9H2,1-2H3. The fraction of sp³-hybridized carbons (Fsp3) is 0.188. The smallest absolute Gasteiger partial charge is 0.171 e. The Kier molecular flexibility index (Phi) is 5.10. The maximum Gasteiger partial charge on any atom is 0.171 e. The highest BCUT2D eigenvalue weighted by Gasteiger charge is 2.18. The van der Waals surface area contributed by atoms with Crippen LogP contribution in [0.2, 0.25) is 10.0 Å². The van der Waals surface area contributed by atoms with Gasteiger partial charge in [-0.1, -0.05) is 35.3 Å². The van der Waals surface area contributed by atoms with Crippen LogP contribution in [0.15, 0.2) is 36.4 Å². The molecule has 110 valence electrons. The Balaban J connectivity index is 2.33. The Labute approximate surface area is 133 Å². The van der Waals surface area contributed by atoms with E-state index in [1.165, 1.54) is 14.2 Å². The van der Waals surface area contributed by atoms with E-state index < -0.39 is 0 Å². The molecule has 0 aromatic heterocycles. The summed E-state index contributed by atoms with van der Waals surface area (Å²) in [5.74, 6) is 0.689. The molecule has 2 aromatic rings. The monoisotopic (exact) mass is 324 g/mol. The molecule has 0 unspecified atom stereocenters. The number of carbonyl (C=O) groups is 1. The van der Waals surface area contributed by atoms with Crippen LogP contribution in [0.25, 0.3) is 0 Å². The van der Waals surface area contributed by atoms with Crippen LogP contribution in [0.5, 0.6) is 11.5 Å². The van der Waals surface area contributed by atoms with Crippen molar-refractivity contribution < 1.29 is 14.3 Å². The molecule has 0 fully saturated rings. The normalized spacial score (nSPS) is 10.3. The van der Waals surface area contributed by atoms with Gasteiger partial charge < -0.3 is 9.47 Å². The lowest BCUT2D eigenvalue weighted by atomic mass is 10.0. The zero-order valence-corrected chi connectivity index (χ0v) is 13.2. The number of hydrogen-bond acceptors (Lipinski definition) is 3. The van der Waals surface area contributed by atoms with Gasteiger partial charge in [0.15, 0.2) is 11.5 Å². The number of hydrogen-bond donors (Lipinski definition) is 0. The Morgan fingerprint density at radius 1 is 1.10 bits per heavy atom. The van der Waals surface area contributed by atoms with Crippen molar-refractivity contribution in [2.24, 2.45) is 0 Å². The van der Waals surface area contributed by atoms with Gasteiger partial charge in [-0.25, -0.2) is 0 Å². The van der Waals surface area contributed by atoms with Crippen LogP contribution in [-0.2, 0) is 6.42 Å². The molecule has 0 saturated heterocycles. The lowest BCUT2D eigenvalue weighted by Gasteiger charge is -2.12. The summed E-state index contributed by atoms with van der Waals surface area (Å²) in [5.41, 5.74) is 1.25. The van der Waals surface area contributed by atoms with Gasteiger partial charge in [-0.2, -0.15) is 0 Å². The van der Waals surface area contributed by atoms with Crippen LogP contribution in [0.1, 0.15) is 15.9 Å². The summed E-state index contributed by atoms with van der Waals surface area (Å²) in [4.78, 5) is 12.4. The lowest BCUT2D eigenvalue weighted by Crippen LogP contribution is -2.06. The third kappa shape index (κ3) is 3.49. The van der Waals surface area contributed by atoms with Crippen molar-refractivity contribution in [3.05, 3.63) is 57.6 Å². The second kappa shape index (κ2) is 6.83. The van der Waals surface area contributed by atoms with Crippen LogP contribution in [0.3, 0.4) is 0 Å². The number of halogens is 2. The Morgan fingerprint density at radius 3 is 2.48 bits per heavy atom. The van der Waals surface area contributed by atoms with Crippen LogP contribution < -0.4 is 9.47 Å². The summed E-state index contributed by atoms with van der Waals surface area (Å²) in [6, 6.07) is 10.5. The zero-order chi connectivity index (χ0) is 15.4. The first kappa shape index (κ1) is 15.7. The molecule has 0 heterocycles. The van der Waals surface area contributed by atoms with Gasteiger partial charge in [0.25, 0.3) is 0 Å². The number of Topliss-reactive ketones (excluding diaryl/α,β-unsaturated/α-hetero) is 1. The largest absolute Gasteiger partial charge is 0.495 e. The zero-order valence-electron chi connectivity index (χ0n) is 11.7. The number of methoxy groups -OCH3 is 2. The third-order valence-electron chi connectivity index (χ3n) is 3.04. The predicted octanol–water partition coefficient (Wildman–Crippen LogP) is 4.44. The van der Waals surface area contributed by atoms with E-state index in [0.29, 0.717) is 22.1 Å². The number of rotatable bonds is 5. The minimum Gasteiger partial charge on any atom is -0.495 e. The molecule has 0 aliphatic rings. The Morgan fingerprint density at radius 2 is 1.86 bits per heavy atom. The highest BCUT2D eigenvalue weighted by Crippen LogP contribution is 2.37. The molecule has 0 spiro atoms. The number of ether oxygens (including phenoxy) is 2. The molecule has 2 aromatic carbocycles. The summed E-state index contributed by atoms with van der Waals surface area (Å²) in [6.07, 6.45) is 0.222. The molecular weight excluding hydrogens is 311 g/mol. The van der Waals surface area contributed by atoms with Gasteiger partial charge in [-0.3, -0.25) is 4.79 Å². The van der Waals surface area contributed by atoms with Crippen molar-refractivity contribution in [1.82, 2.24) is 0 Å². The van der Waals surface area contributed by atoms with Crippen molar-refractivity contribution in [3.8, 4) is 11.5 Å². The summed E-state index contributed by atoms with van der Waals surface area (Å²) in [6.45, 7) is 0. The van der Waals surface area contributed by atoms with E-state index in [1.807, 2.05) is 12.1 Å². The molecule has 0 bridgehead atoms. The molecule has 5 heteroatoms. The molecule has 0 N–H and O–H groups in total. The van der Waals surface area contributed by atoms with Crippen LogP contribution in [-0.4, -0.2) is 20.0 Å². The fourth-order valence-electron chi connectivity index (χ4n) is 2.04. The topological polar surface area (TPSA) is 35.5 Å². The first-order chi connectivity index (χ1) is 10.1. The highest BCUT2D eigenvalue weighted by molar-refractivity contribution is 6.34. The highest BCUT2D eigenvalue weighted by atomic mass is 35.5. The second-order valence-electron chi connectivity index (χ2n) is 4.39. The molecule has 21 heavy (non-hydrogen) atoms. The molecule has 0 saturated carbocycles. The van der Waals surface area contributed by atoms with Crippen LogP contribution in [0, 0.1) is 0 Å². The van der Waals surface area contributed by atoms with Crippen LogP contribution in [0.4, 0.5) is 0 Å². The minimum atomic E-state index is -0.0985. The van der Waals surface area contributed by atoms with Gasteiger partial charge in [-0.15, -0.1) is 0 Å². The summed E-state index contributed by atoms with van der Waals surface area (Å²) < 4.78 is 10.4. The Bertz CT molecular complexity index is 669. The number of carbonyl (C=O) groups excluding carboxylic acids is 1. The molecule has 3 nitrogen and oxygen atoms in total. The van der Waals surface area contributed by atoms with E-state index in [9.17, 15) is 4.79 Å². The summed E-state index contributed by atoms with van der Waals surface area (Å²) in [5, 5.41) is 0.886. The number of ketones is 1. The third-order valence-corrected chi connectivity index (χ3v) is 3.63. The van der Waals surface area contributed by atoms with E-state index >= 15 is 0 Å². The van der Waals surface area contributed by atoms with E-state index in [4.69, 9.17) is 32.7 Å². The van der Waals surface area contributed by atoms with Gasteiger partial charge >= 0.3 is 0 Å². The molecule has 0 radical (unpaired) electrons. The molecule has 0 atom stereocenters. The molecule has 0 aliphatic heterocycles. The SMILES string of the molecule is COc1ccc(C(=O)Cc2cccc(Cl)c2)c(OC)c1Cl. The van der Waals surface area contributed by atoms with Gasteiger partial charge in [0.05, 0.1) is 19.8 Å². The lowest BCUT2D eigenvalue weighted by molar-refractivity contribution is 0.0990. The van der Waals surface area contributed by atoms with Gasteiger partial charge in [0.1, 0.15) is 10.8 Å². The molecule has 0 aliphatic carbocycles. The van der Waals surface area contributed by atoms with Crippen molar-refractivity contribution >= 4 is 29.0 Å². The second-order valence-corrected chi connectivity index (χ2v) is 5.21. The molecule has 2 rings (SSSR count). The predicted molar refractivity (Wildman–Crippen MR) is 84.0 cm³/mol. The van der Waals surface area contributed by atoms with Crippen molar-refractivity contribution in [1.29, 1.82) is 0 Å². The maximum atomic E-state index is 12.4. The quantitative estimate of drug-likeness (QED) is 0.763. The molecular formula is C16H14Cl2O3. The number of benzene rings is 2. The van der Waals surface area contributed by atoms with Crippen molar-refractivity contribution in [2.75, 3.05) is 14.2 Å². The van der Waals surface area contributed by atoms with Crippen LogP contribution >= 0.6 is 23.2 Å². The van der Waals surface area contributed by atoms with Gasteiger partial charge in [-0.05, 0) is 29.8 Å². The Hall–Kier alpha value is -1.71. The summed E-state index contributed by atoms with van der Waals surface area (Å²) >= 11 is 12.1. The molecule has 0 amide bonds. The van der Waals surface area contributed by atoms with E-state index in [1.54, 1.807) is 24.3 Å². The van der Waals surface area contributed by atoms with Crippen molar-refractivity contribution in [2.45, 2.75) is 6.42 Å². The average molecular weight is 325 g/mol. The van der Waals surface area contributed by atoms with Gasteiger partial charge in [0.2, 0.25) is 0 Å². The van der Waals surface area contributed by atoms with Crippen molar-refractivity contribution in [3.63, 3.8) is 0 Å². The first-order valence-corrected chi connectivity index (χ1v) is 7.00. The van der Waals surface area contributed by atoms with E-state index in [-0.39, 0.29) is 17.2 Å². The average Bonchev–Trinajstić information content (AvgIpc) is 2.46. The first-order valence-electron chi connectivity index (χ1n) is 6.25. The van der Waals surface area contributed by atoms with Gasteiger partial charge in [0, 0.05) is 11.4 Å². The van der Waals surface area contributed by atoms with E-state index in [0.717, 1.165) is 5.56 Å². The maximum absolute atomic E-state index is 12.4. The fourth-order valence-corrected chi connectivity index (χ4v) is 2.57. The minimum absolute atomic E-state index is 0.0985. The summed E-state index contributed by atoms with van der Waals surface area (Å²) in [7, 11) is 2.98. The van der Waals surface area contributed by atoms with E-state index in [2.05, 4.69) is 0 Å².